The van der Waals surface area contributed by atoms with Crippen LogP contribution in [-0.4, -0.2) is 37.5 Å². The number of ether oxygens (including phenoxy) is 1. The second kappa shape index (κ2) is 8.19. The molecule has 1 atom stereocenters. The van der Waals surface area contributed by atoms with Gasteiger partial charge in [0.25, 0.3) is 0 Å². The lowest BCUT2D eigenvalue weighted by Crippen LogP contribution is -2.49. The van der Waals surface area contributed by atoms with Crippen LogP contribution in [0.3, 0.4) is 0 Å². The van der Waals surface area contributed by atoms with Gasteiger partial charge in [-0.2, -0.15) is 0 Å². The van der Waals surface area contributed by atoms with Crippen LogP contribution >= 0.6 is 0 Å². The third-order valence-corrected chi connectivity index (χ3v) is 6.67. The van der Waals surface area contributed by atoms with Crippen molar-refractivity contribution in [3.63, 3.8) is 0 Å². The Morgan fingerprint density at radius 1 is 1.00 bits per heavy atom. The van der Waals surface area contributed by atoms with Crippen LogP contribution in [0.4, 0.5) is 0 Å². The first-order chi connectivity index (χ1) is 12.8. The Morgan fingerprint density at radius 2 is 1.56 bits per heavy atom. The highest BCUT2D eigenvalue weighted by Crippen LogP contribution is 2.61. The molecule has 4 aliphatic carbocycles. The molecule has 0 aromatic rings. The minimum Gasteiger partial charge on any atom is -0.467 e. The number of esters is 1. The molecule has 0 spiro atoms. The molecule has 0 unspecified atom stereocenters. The maximum Gasteiger partial charge on any atom is 0.328 e. The molecule has 27 heavy (non-hydrogen) atoms. The third kappa shape index (κ3) is 5.02. The summed E-state index contributed by atoms with van der Waals surface area (Å²) in [4.78, 5) is 36.5. The van der Waals surface area contributed by atoms with Gasteiger partial charge in [-0.1, -0.05) is 13.8 Å². The van der Waals surface area contributed by atoms with E-state index in [1.807, 2.05) is 13.8 Å². The predicted molar refractivity (Wildman–Crippen MR) is 102 cm³/mol. The van der Waals surface area contributed by atoms with Crippen molar-refractivity contribution in [3.8, 4) is 0 Å². The molecule has 2 amide bonds. The first-order valence-corrected chi connectivity index (χ1v) is 10.4. The number of carbonyl (C=O) groups is 3. The molecule has 0 radical (unpaired) electrons. The molecular weight excluding hydrogens is 344 g/mol. The topological polar surface area (TPSA) is 84.5 Å². The van der Waals surface area contributed by atoms with Crippen LogP contribution in [0, 0.1) is 29.1 Å². The highest BCUT2D eigenvalue weighted by molar-refractivity contribution is 5.88. The fraction of sp³-hybridized carbons (Fsp3) is 0.857. The lowest BCUT2D eigenvalue weighted by molar-refractivity contribution is -0.145. The van der Waals surface area contributed by atoms with Crippen molar-refractivity contribution >= 4 is 17.8 Å². The summed E-state index contributed by atoms with van der Waals surface area (Å²) in [6.45, 7) is 3.88. The molecule has 4 bridgehead atoms. The Kier molecular flexibility index (Phi) is 6.11. The van der Waals surface area contributed by atoms with E-state index in [-0.39, 0.29) is 29.7 Å². The fourth-order valence-electron chi connectivity index (χ4n) is 6.16. The molecule has 0 aliphatic heterocycles. The minimum absolute atomic E-state index is 0.0365. The Hall–Kier alpha value is -1.59. The smallest absolute Gasteiger partial charge is 0.328 e. The zero-order valence-electron chi connectivity index (χ0n) is 16.9. The molecular formula is C21H34N2O4. The van der Waals surface area contributed by atoms with E-state index < -0.39 is 12.0 Å². The summed E-state index contributed by atoms with van der Waals surface area (Å²) in [5.41, 5.74) is 0.168. The SMILES string of the molecule is COC(=O)[C@@H](CC(C)C)NC(=O)CNC(=O)CC12CC3CC(CC(C3)C1)C2. The fourth-order valence-corrected chi connectivity index (χ4v) is 6.16. The molecule has 4 saturated carbocycles. The average molecular weight is 379 g/mol. The van der Waals surface area contributed by atoms with E-state index in [1.54, 1.807) is 0 Å². The van der Waals surface area contributed by atoms with Crippen LogP contribution in [0.1, 0.15) is 65.2 Å². The van der Waals surface area contributed by atoms with Gasteiger partial charge in [-0.3, -0.25) is 9.59 Å². The van der Waals surface area contributed by atoms with E-state index in [1.165, 1.54) is 45.6 Å². The van der Waals surface area contributed by atoms with Crippen molar-refractivity contribution in [2.45, 2.75) is 71.3 Å². The summed E-state index contributed by atoms with van der Waals surface area (Å²) in [5.74, 6) is 1.85. The second-order valence-corrected chi connectivity index (χ2v) is 9.64. The Morgan fingerprint density at radius 3 is 2.04 bits per heavy atom. The summed E-state index contributed by atoms with van der Waals surface area (Å²) < 4.78 is 4.76. The number of nitrogens with one attached hydrogen (secondary N) is 2. The van der Waals surface area contributed by atoms with Crippen molar-refractivity contribution in [1.29, 1.82) is 0 Å². The average Bonchev–Trinajstić information content (AvgIpc) is 2.56. The maximum absolute atomic E-state index is 12.5. The highest BCUT2D eigenvalue weighted by atomic mass is 16.5. The van der Waals surface area contributed by atoms with Crippen molar-refractivity contribution in [1.82, 2.24) is 10.6 Å². The van der Waals surface area contributed by atoms with Gasteiger partial charge in [0.05, 0.1) is 13.7 Å². The molecule has 2 N–H and O–H groups in total. The number of carbonyl (C=O) groups excluding carboxylic acids is 3. The van der Waals surface area contributed by atoms with Crippen molar-refractivity contribution in [3.05, 3.63) is 0 Å². The lowest BCUT2D eigenvalue weighted by atomic mass is 9.49. The van der Waals surface area contributed by atoms with E-state index in [9.17, 15) is 14.4 Å². The quantitative estimate of drug-likeness (QED) is 0.635. The van der Waals surface area contributed by atoms with Crippen LogP contribution in [0.25, 0.3) is 0 Å². The van der Waals surface area contributed by atoms with Crippen LogP contribution in [0.2, 0.25) is 0 Å². The van der Waals surface area contributed by atoms with Gasteiger partial charge in [-0.05, 0) is 74.0 Å². The number of rotatable bonds is 8. The second-order valence-electron chi connectivity index (χ2n) is 9.64. The van der Waals surface area contributed by atoms with Gasteiger partial charge < -0.3 is 15.4 Å². The Labute approximate surface area is 162 Å². The molecule has 0 aromatic carbocycles. The summed E-state index contributed by atoms with van der Waals surface area (Å²) >= 11 is 0. The highest BCUT2D eigenvalue weighted by Gasteiger charge is 2.51. The van der Waals surface area contributed by atoms with E-state index in [0.29, 0.717) is 12.8 Å². The van der Waals surface area contributed by atoms with Crippen LogP contribution in [0.5, 0.6) is 0 Å². The van der Waals surface area contributed by atoms with Gasteiger partial charge in [0.2, 0.25) is 11.8 Å². The molecule has 0 heterocycles. The van der Waals surface area contributed by atoms with E-state index in [0.717, 1.165) is 17.8 Å². The lowest BCUT2D eigenvalue weighted by Gasteiger charge is -2.56. The van der Waals surface area contributed by atoms with Gasteiger partial charge in [0, 0.05) is 6.42 Å². The summed E-state index contributed by atoms with van der Waals surface area (Å²) in [7, 11) is 1.31. The van der Waals surface area contributed by atoms with Crippen molar-refractivity contribution < 1.29 is 19.1 Å². The number of amides is 2. The molecule has 0 saturated heterocycles. The molecule has 4 rings (SSSR count). The normalized spacial score (nSPS) is 32.2. The van der Waals surface area contributed by atoms with Gasteiger partial charge in [0.15, 0.2) is 0 Å². The van der Waals surface area contributed by atoms with E-state index in [2.05, 4.69) is 10.6 Å². The van der Waals surface area contributed by atoms with Crippen molar-refractivity contribution in [2.75, 3.05) is 13.7 Å². The van der Waals surface area contributed by atoms with Crippen LogP contribution in [0.15, 0.2) is 0 Å². The molecule has 0 aromatic heterocycles. The van der Waals surface area contributed by atoms with Gasteiger partial charge in [-0.25, -0.2) is 4.79 Å². The molecule has 6 heteroatoms. The summed E-state index contributed by atoms with van der Waals surface area (Å²) in [5, 5.41) is 5.46. The minimum atomic E-state index is -0.664. The Bertz CT molecular complexity index is 551. The molecule has 6 nitrogen and oxygen atoms in total. The number of hydrogen-bond donors (Lipinski definition) is 2. The first-order valence-electron chi connectivity index (χ1n) is 10.4. The van der Waals surface area contributed by atoms with Gasteiger partial charge in [-0.15, -0.1) is 0 Å². The van der Waals surface area contributed by atoms with E-state index in [4.69, 9.17) is 4.74 Å². The molecule has 4 fully saturated rings. The maximum atomic E-state index is 12.5. The van der Waals surface area contributed by atoms with Crippen LogP contribution < -0.4 is 10.6 Å². The molecule has 4 aliphatic rings. The Balaban J connectivity index is 1.46. The first kappa shape index (κ1) is 20.2. The third-order valence-electron chi connectivity index (χ3n) is 6.67. The molecule has 152 valence electrons. The summed E-state index contributed by atoms with van der Waals surface area (Å²) in [6.07, 6.45) is 8.65. The number of methoxy groups -OCH3 is 1. The van der Waals surface area contributed by atoms with Gasteiger partial charge in [0.1, 0.15) is 6.04 Å². The number of hydrogen-bond acceptors (Lipinski definition) is 4. The zero-order chi connectivity index (χ0) is 19.6. The summed E-state index contributed by atoms with van der Waals surface area (Å²) in [6, 6.07) is -0.664. The largest absolute Gasteiger partial charge is 0.467 e. The van der Waals surface area contributed by atoms with Crippen molar-refractivity contribution in [2.24, 2.45) is 29.1 Å². The predicted octanol–water partition coefficient (Wildman–Crippen LogP) is 2.41. The standard InChI is InChI=1S/C21H34N2O4/c1-13(2)4-17(20(26)27-3)23-19(25)12-22-18(24)11-21-8-14-5-15(9-21)7-16(6-14)10-21/h13-17H,4-12H2,1-3H3,(H,22,24)(H,23,25)/t14?,15?,16?,17-,21?/m1/s1. The van der Waals surface area contributed by atoms with E-state index >= 15 is 0 Å². The monoisotopic (exact) mass is 378 g/mol. The zero-order valence-corrected chi connectivity index (χ0v) is 16.9. The van der Waals surface area contributed by atoms with Crippen LogP contribution in [-0.2, 0) is 19.1 Å². The van der Waals surface area contributed by atoms with Gasteiger partial charge >= 0.3 is 5.97 Å².